The van der Waals surface area contributed by atoms with Crippen molar-refractivity contribution in [1.82, 2.24) is 0 Å². The van der Waals surface area contributed by atoms with Crippen LogP contribution in [0.4, 0.5) is 8.78 Å². The Kier molecular flexibility index (Phi) is 5.87. The number of alkyl halides is 2. The van der Waals surface area contributed by atoms with Crippen LogP contribution < -0.4 is 4.74 Å². The van der Waals surface area contributed by atoms with Crippen molar-refractivity contribution in [2.75, 3.05) is 5.75 Å². The van der Waals surface area contributed by atoms with Gasteiger partial charge in [0.25, 0.3) is 0 Å². The van der Waals surface area contributed by atoms with Crippen LogP contribution in [0.5, 0.6) is 5.75 Å². The predicted octanol–water partition coefficient (Wildman–Crippen LogP) is 3.78. The van der Waals surface area contributed by atoms with Gasteiger partial charge in [0.2, 0.25) is 0 Å². The van der Waals surface area contributed by atoms with Gasteiger partial charge in [-0.3, -0.25) is 4.21 Å². The van der Waals surface area contributed by atoms with Gasteiger partial charge in [-0.2, -0.15) is 8.78 Å². The van der Waals surface area contributed by atoms with Crippen molar-refractivity contribution in [1.29, 1.82) is 0 Å². The van der Waals surface area contributed by atoms with Gasteiger partial charge in [-0.15, -0.1) is 0 Å². The fourth-order valence-corrected chi connectivity index (χ4v) is 3.07. The molecule has 0 amide bonds. The van der Waals surface area contributed by atoms with Crippen LogP contribution in [-0.2, 0) is 23.0 Å². The highest BCUT2D eigenvalue weighted by Gasteiger charge is 2.06. The molecule has 0 bridgehead atoms. The Morgan fingerprint density at radius 2 is 1.62 bits per heavy atom. The van der Waals surface area contributed by atoms with Crippen molar-refractivity contribution >= 4 is 10.8 Å². The summed E-state index contributed by atoms with van der Waals surface area (Å²) in [6.07, 6.45) is 0.764. The molecule has 5 heteroatoms. The summed E-state index contributed by atoms with van der Waals surface area (Å²) in [4.78, 5) is 0. The van der Waals surface area contributed by atoms with Crippen LogP contribution in [0.25, 0.3) is 0 Å². The van der Waals surface area contributed by atoms with Crippen molar-refractivity contribution in [3.8, 4) is 5.75 Å². The molecule has 0 aromatic heterocycles. The number of ether oxygens (including phenoxy) is 1. The summed E-state index contributed by atoms with van der Waals surface area (Å²) in [5.74, 6) is 1.12. The van der Waals surface area contributed by atoms with E-state index in [1.54, 1.807) is 12.1 Å². The molecular weight excluding hydrogens is 294 g/mol. The lowest BCUT2D eigenvalue weighted by Gasteiger charge is -2.06. The van der Waals surface area contributed by atoms with E-state index in [9.17, 15) is 13.0 Å². The molecule has 0 saturated carbocycles. The van der Waals surface area contributed by atoms with Crippen LogP contribution in [0.1, 0.15) is 11.1 Å². The Labute approximate surface area is 125 Å². The van der Waals surface area contributed by atoms with Crippen LogP contribution >= 0.6 is 0 Å². The highest BCUT2D eigenvalue weighted by Crippen LogP contribution is 2.16. The second-order valence-corrected chi connectivity index (χ2v) is 6.12. The molecule has 0 saturated heterocycles. The van der Waals surface area contributed by atoms with E-state index in [0.29, 0.717) is 11.5 Å². The second kappa shape index (κ2) is 7.88. The van der Waals surface area contributed by atoms with E-state index in [-0.39, 0.29) is 5.75 Å². The van der Waals surface area contributed by atoms with Crippen molar-refractivity contribution < 1.29 is 17.7 Å². The molecule has 21 heavy (non-hydrogen) atoms. The van der Waals surface area contributed by atoms with Gasteiger partial charge in [0.15, 0.2) is 0 Å². The number of benzene rings is 2. The van der Waals surface area contributed by atoms with E-state index in [0.717, 1.165) is 17.5 Å². The Morgan fingerprint density at radius 1 is 0.952 bits per heavy atom. The van der Waals surface area contributed by atoms with Crippen LogP contribution in [0, 0.1) is 0 Å². The molecule has 1 unspecified atom stereocenters. The fraction of sp³-hybridized carbons (Fsp3) is 0.250. The SMILES string of the molecule is O=S(CCc1ccccc1)Cc1ccc(OC(F)F)cc1. The molecule has 0 aliphatic heterocycles. The maximum absolute atomic E-state index is 12.0. The quantitative estimate of drug-likeness (QED) is 0.778. The molecule has 112 valence electrons. The summed E-state index contributed by atoms with van der Waals surface area (Å²) in [7, 11) is -0.978. The molecule has 0 N–H and O–H groups in total. The molecule has 0 aliphatic carbocycles. The Hall–Kier alpha value is -1.75. The molecular formula is C16H16F2O2S. The van der Waals surface area contributed by atoms with E-state index in [4.69, 9.17) is 0 Å². The van der Waals surface area contributed by atoms with E-state index in [2.05, 4.69) is 4.74 Å². The average Bonchev–Trinajstić information content (AvgIpc) is 2.48. The third-order valence-corrected chi connectivity index (χ3v) is 4.25. The van der Waals surface area contributed by atoms with Gasteiger partial charge in [-0.05, 0) is 29.7 Å². The lowest BCUT2D eigenvalue weighted by molar-refractivity contribution is -0.0498. The molecule has 0 radical (unpaired) electrons. The third kappa shape index (κ3) is 5.63. The molecule has 2 rings (SSSR count). The number of hydrogen-bond donors (Lipinski definition) is 0. The summed E-state index contributed by atoms with van der Waals surface area (Å²) < 4.78 is 40.3. The lowest BCUT2D eigenvalue weighted by atomic mass is 10.2. The first-order valence-corrected chi connectivity index (χ1v) is 8.05. The first-order chi connectivity index (χ1) is 10.1. The zero-order valence-electron chi connectivity index (χ0n) is 11.4. The number of hydrogen-bond acceptors (Lipinski definition) is 2. The Morgan fingerprint density at radius 3 is 2.24 bits per heavy atom. The van der Waals surface area contributed by atoms with Crippen molar-refractivity contribution in [2.24, 2.45) is 0 Å². The first-order valence-electron chi connectivity index (χ1n) is 6.56. The molecule has 0 aliphatic rings. The predicted molar refractivity (Wildman–Crippen MR) is 79.9 cm³/mol. The Bertz CT molecular complexity index is 571. The summed E-state index contributed by atoms with van der Waals surface area (Å²) in [5.41, 5.74) is 2.01. The van der Waals surface area contributed by atoms with E-state index in [1.165, 1.54) is 12.1 Å². The lowest BCUT2D eigenvalue weighted by Crippen LogP contribution is -2.04. The van der Waals surface area contributed by atoms with Crippen molar-refractivity contribution in [3.05, 3.63) is 65.7 Å². The summed E-state index contributed by atoms with van der Waals surface area (Å²) in [5, 5.41) is 0. The number of aryl methyl sites for hydroxylation is 1. The molecule has 2 aromatic carbocycles. The molecule has 0 heterocycles. The summed E-state index contributed by atoms with van der Waals surface area (Å²) >= 11 is 0. The highest BCUT2D eigenvalue weighted by molar-refractivity contribution is 7.84. The molecule has 2 aromatic rings. The third-order valence-electron chi connectivity index (χ3n) is 2.94. The van der Waals surface area contributed by atoms with Crippen molar-refractivity contribution in [2.45, 2.75) is 18.8 Å². The van der Waals surface area contributed by atoms with Gasteiger partial charge >= 0.3 is 6.61 Å². The standard InChI is InChI=1S/C16H16F2O2S/c17-16(18)20-15-8-6-14(7-9-15)12-21(19)11-10-13-4-2-1-3-5-13/h1-9,16H,10-12H2. The van der Waals surface area contributed by atoms with E-state index < -0.39 is 17.4 Å². The van der Waals surface area contributed by atoms with Gasteiger partial charge in [0, 0.05) is 22.3 Å². The molecule has 0 spiro atoms. The zero-order chi connectivity index (χ0) is 15.1. The molecule has 0 fully saturated rings. The van der Waals surface area contributed by atoms with Crippen LogP contribution in [-0.4, -0.2) is 16.6 Å². The fourth-order valence-electron chi connectivity index (χ4n) is 1.90. The first kappa shape index (κ1) is 15.6. The van der Waals surface area contributed by atoms with E-state index >= 15 is 0 Å². The maximum atomic E-state index is 12.0. The normalized spacial score (nSPS) is 12.3. The van der Waals surface area contributed by atoms with Gasteiger partial charge in [0.1, 0.15) is 5.75 Å². The topological polar surface area (TPSA) is 26.3 Å². The maximum Gasteiger partial charge on any atom is 0.387 e. The van der Waals surface area contributed by atoms with Gasteiger partial charge in [-0.25, -0.2) is 0 Å². The minimum atomic E-state index is -2.82. The average molecular weight is 310 g/mol. The monoisotopic (exact) mass is 310 g/mol. The largest absolute Gasteiger partial charge is 0.435 e. The Balaban J connectivity index is 1.82. The van der Waals surface area contributed by atoms with Crippen LogP contribution in [0.15, 0.2) is 54.6 Å². The minimum Gasteiger partial charge on any atom is -0.435 e. The van der Waals surface area contributed by atoms with Crippen molar-refractivity contribution in [3.63, 3.8) is 0 Å². The smallest absolute Gasteiger partial charge is 0.387 e. The highest BCUT2D eigenvalue weighted by atomic mass is 32.2. The van der Waals surface area contributed by atoms with Crippen LogP contribution in [0.3, 0.4) is 0 Å². The van der Waals surface area contributed by atoms with Gasteiger partial charge in [0.05, 0.1) is 0 Å². The molecule has 2 nitrogen and oxygen atoms in total. The second-order valence-electron chi connectivity index (χ2n) is 4.55. The summed E-state index contributed by atoms with van der Waals surface area (Å²) in [6.45, 7) is -2.82. The molecule has 1 atom stereocenters. The number of halogens is 2. The minimum absolute atomic E-state index is 0.115. The van der Waals surface area contributed by atoms with Gasteiger partial charge < -0.3 is 4.74 Å². The zero-order valence-corrected chi connectivity index (χ0v) is 12.2. The van der Waals surface area contributed by atoms with Gasteiger partial charge in [-0.1, -0.05) is 42.5 Å². The number of rotatable bonds is 7. The summed E-state index contributed by atoms with van der Waals surface area (Å²) in [6, 6.07) is 16.1. The van der Waals surface area contributed by atoms with Crippen LogP contribution in [0.2, 0.25) is 0 Å². The van der Waals surface area contributed by atoms with E-state index in [1.807, 2.05) is 30.3 Å².